The molecule has 0 radical (unpaired) electrons. The molecule has 1 aliphatic rings. The van der Waals surface area contributed by atoms with Gasteiger partial charge in [0.25, 0.3) is 11.8 Å². The summed E-state index contributed by atoms with van der Waals surface area (Å²) in [5, 5.41) is 9.05. The largest absolute Gasteiger partial charge is 0.493 e. The van der Waals surface area contributed by atoms with E-state index in [0.717, 1.165) is 43.8 Å². The van der Waals surface area contributed by atoms with Gasteiger partial charge in [0.15, 0.2) is 18.1 Å². The summed E-state index contributed by atoms with van der Waals surface area (Å²) in [6, 6.07) is 8.87. The zero-order valence-electron chi connectivity index (χ0n) is 20.3. The molecule has 0 unspecified atom stereocenters. The van der Waals surface area contributed by atoms with Crippen LogP contribution in [0.1, 0.15) is 12.8 Å². The van der Waals surface area contributed by atoms with Crippen LogP contribution in [0, 0.1) is 0 Å². The number of nitrogens with zero attached hydrogens (tertiary/aromatic N) is 6. The molecule has 13 heteroatoms. The first-order chi connectivity index (χ1) is 17.5. The van der Waals surface area contributed by atoms with Crippen molar-refractivity contribution in [2.45, 2.75) is 13.5 Å². The van der Waals surface area contributed by atoms with Crippen molar-refractivity contribution < 1.29 is 14.0 Å². The van der Waals surface area contributed by atoms with Crippen molar-refractivity contribution in [2.75, 3.05) is 50.1 Å². The maximum Gasteiger partial charge on any atom is 0.266 e. The Labute approximate surface area is 230 Å². The first-order valence-electron chi connectivity index (χ1n) is 11.5. The smallest absolute Gasteiger partial charge is 0.266 e. The lowest BCUT2D eigenvalue weighted by Crippen LogP contribution is -2.46. The lowest BCUT2D eigenvalue weighted by molar-refractivity contribution is 0.233. The molecule has 0 amide bonds. The minimum atomic E-state index is 0. The van der Waals surface area contributed by atoms with Crippen molar-refractivity contribution in [3.05, 3.63) is 52.6 Å². The number of hydrogen-bond acceptors (Lipinski definition) is 10. The minimum absolute atomic E-state index is 0. The Morgan fingerprint density at radius 3 is 2.57 bits per heavy atom. The number of halogens is 3. The number of nitrogens with one attached hydrogen (secondary N) is 1. The van der Waals surface area contributed by atoms with E-state index < -0.39 is 0 Å². The molecule has 0 bridgehead atoms. The van der Waals surface area contributed by atoms with Crippen molar-refractivity contribution in [3.63, 3.8) is 0 Å². The molecule has 0 saturated carbocycles. The van der Waals surface area contributed by atoms with E-state index >= 15 is 0 Å². The van der Waals surface area contributed by atoms with Crippen LogP contribution in [-0.4, -0.2) is 64.8 Å². The average Bonchev–Trinajstić information content (AvgIpc) is 3.38. The second-order valence-electron chi connectivity index (χ2n) is 8.19. The maximum atomic E-state index is 6.15. The summed E-state index contributed by atoms with van der Waals surface area (Å²) in [5.74, 6) is 2.58. The Balaban J connectivity index is 0.00000320. The number of benzene rings is 2. The van der Waals surface area contributed by atoms with Crippen LogP contribution >= 0.6 is 35.6 Å². The molecule has 1 N–H and O–H groups in total. The van der Waals surface area contributed by atoms with Gasteiger partial charge in [0.05, 0.1) is 22.7 Å². The molecule has 1 fully saturated rings. The SMILES string of the molecule is CCN1CCN(c2noc(COc3cc4ncnc(Nc5ccc(Cl)c(Cl)c5)c4cc3OC)n2)CC1.Cl. The number of rotatable bonds is 8. The van der Waals surface area contributed by atoms with Gasteiger partial charge in [-0.25, -0.2) is 9.97 Å². The second-order valence-corrected chi connectivity index (χ2v) is 9.01. The van der Waals surface area contributed by atoms with Gasteiger partial charge in [-0.2, -0.15) is 4.98 Å². The third-order valence-corrected chi connectivity index (χ3v) is 6.75. The van der Waals surface area contributed by atoms with Crippen LogP contribution in [0.5, 0.6) is 11.5 Å². The summed E-state index contributed by atoms with van der Waals surface area (Å²) in [6.07, 6.45) is 1.47. The fourth-order valence-electron chi connectivity index (χ4n) is 3.98. The van der Waals surface area contributed by atoms with E-state index in [0.29, 0.717) is 44.7 Å². The molecule has 1 saturated heterocycles. The Morgan fingerprint density at radius 1 is 1.03 bits per heavy atom. The molecule has 5 rings (SSSR count). The van der Waals surface area contributed by atoms with Crippen molar-refractivity contribution in [3.8, 4) is 11.5 Å². The Kier molecular flexibility index (Phi) is 8.75. The summed E-state index contributed by atoms with van der Waals surface area (Å²) in [6.45, 7) is 7.01. The topological polar surface area (TPSA) is 102 Å². The molecule has 0 spiro atoms. The zero-order chi connectivity index (χ0) is 25.1. The molecule has 0 atom stereocenters. The molecule has 10 nitrogen and oxygen atoms in total. The average molecular weight is 567 g/mol. The number of aromatic nitrogens is 4. The van der Waals surface area contributed by atoms with E-state index in [-0.39, 0.29) is 19.0 Å². The molecule has 3 heterocycles. The number of ether oxygens (including phenoxy) is 2. The van der Waals surface area contributed by atoms with E-state index in [1.165, 1.54) is 6.33 Å². The number of fused-ring (bicyclic) bond motifs is 1. The van der Waals surface area contributed by atoms with Crippen LogP contribution < -0.4 is 19.7 Å². The Morgan fingerprint density at radius 2 is 1.84 bits per heavy atom. The van der Waals surface area contributed by atoms with Gasteiger partial charge in [0.2, 0.25) is 0 Å². The third-order valence-electron chi connectivity index (χ3n) is 6.01. The molecule has 196 valence electrons. The predicted octanol–water partition coefficient (Wildman–Crippen LogP) is 5.21. The van der Waals surface area contributed by atoms with Crippen LogP contribution in [0.4, 0.5) is 17.5 Å². The number of anilines is 3. The fourth-order valence-corrected chi connectivity index (χ4v) is 4.28. The lowest BCUT2D eigenvalue weighted by atomic mass is 10.2. The predicted molar refractivity (Wildman–Crippen MR) is 146 cm³/mol. The van der Waals surface area contributed by atoms with Gasteiger partial charge >= 0.3 is 0 Å². The van der Waals surface area contributed by atoms with Crippen molar-refractivity contribution in [1.82, 2.24) is 25.0 Å². The zero-order valence-corrected chi connectivity index (χ0v) is 22.6. The highest BCUT2D eigenvalue weighted by Crippen LogP contribution is 2.36. The Hall–Kier alpha value is -3.05. The van der Waals surface area contributed by atoms with Gasteiger partial charge in [-0.15, -0.1) is 12.4 Å². The van der Waals surface area contributed by atoms with E-state index in [1.807, 2.05) is 12.1 Å². The van der Waals surface area contributed by atoms with Gasteiger partial charge < -0.3 is 29.1 Å². The highest BCUT2D eigenvalue weighted by Gasteiger charge is 2.21. The van der Waals surface area contributed by atoms with Gasteiger partial charge in [-0.1, -0.05) is 30.1 Å². The van der Waals surface area contributed by atoms with Gasteiger partial charge in [-0.3, -0.25) is 0 Å². The number of methoxy groups -OCH3 is 1. The second kappa shape index (κ2) is 12.0. The maximum absolute atomic E-state index is 6.15. The minimum Gasteiger partial charge on any atom is -0.493 e. The summed E-state index contributed by atoms with van der Waals surface area (Å²) in [5.41, 5.74) is 1.41. The van der Waals surface area contributed by atoms with Crippen molar-refractivity contribution in [2.24, 2.45) is 0 Å². The van der Waals surface area contributed by atoms with Crippen molar-refractivity contribution >= 4 is 64.0 Å². The fraction of sp³-hybridized carbons (Fsp3) is 0.333. The number of piperazine rings is 1. The van der Waals surface area contributed by atoms with Crippen LogP contribution in [0.2, 0.25) is 10.0 Å². The van der Waals surface area contributed by atoms with Gasteiger partial charge in [0, 0.05) is 43.3 Å². The van der Waals surface area contributed by atoms with Crippen molar-refractivity contribution in [1.29, 1.82) is 0 Å². The van der Waals surface area contributed by atoms with E-state index in [2.05, 4.69) is 42.1 Å². The summed E-state index contributed by atoms with van der Waals surface area (Å²) in [7, 11) is 1.57. The normalized spacial score (nSPS) is 13.9. The van der Waals surface area contributed by atoms with Gasteiger partial charge in [-0.05, 0) is 36.0 Å². The molecular weight excluding hydrogens is 541 g/mol. The molecule has 2 aromatic carbocycles. The first kappa shape index (κ1) is 27.0. The number of likely N-dealkylation sites (N-methyl/N-ethyl adjacent to an activating group) is 1. The quantitative estimate of drug-likeness (QED) is 0.306. The monoisotopic (exact) mass is 565 g/mol. The van der Waals surface area contributed by atoms with Crippen LogP contribution in [0.15, 0.2) is 41.2 Å². The van der Waals surface area contributed by atoms with E-state index in [9.17, 15) is 0 Å². The molecular formula is C24H26Cl3N7O3. The third kappa shape index (κ3) is 6.10. The highest BCUT2D eigenvalue weighted by molar-refractivity contribution is 6.42. The number of hydrogen-bond donors (Lipinski definition) is 1. The summed E-state index contributed by atoms with van der Waals surface area (Å²) in [4.78, 5) is 17.8. The highest BCUT2D eigenvalue weighted by atomic mass is 35.5. The van der Waals surface area contributed by atoms with Crippen LogP contribution in [0.3, 0.4) is 0 Å². The summed E-state index contributed by atoms with van der Waals surface area (Å²) < 4.78 is 17.0. The molecule has 0 aliphatic carbocycles. The molecule has 2 aromatic heterocycles. The van der Waals surface area contributed by atoms with E-state index in [1.54, 1.807) is 25.3 Å². The molecule has 4 aromatic rings. The Bertz CT molecular complexity index is 1360. The lowest BCUT2D eigenvalue weighted by Gasteiger charge is -2.32. The summed E-state index contributed by atoms with van der Waals surface area (Å²) >= 11 is 12.2. The molecule has 1 aliphatic heterocycles. The van der Waals surface area contributed by atoms with E-state index in [4.69, 9.17) is 37.2 Å². The molecule has 37 heavy (non-hydrogen) atoms. The standard InChI is InChI=1S/C24H25Cl2N7O3.ClH/c1-3-32-6-8-33(9-7-32)24-30-22(36-31-24)13-35-21-12-19-16(11-20(21)34-2)23(28-14-27-19)29-15-4-5-17(25)18(26)10-15;/h4-5,10-12,14H,3,6-9,13H2,1-2H3,(H,27,28,29);1H. The van der Waals surface area contributed by atoms with Gasteiger partial charge in [0.1, 0.15) is 12.1 Å². The first-order valence-corrected chi connectivity index (χ1v) is 12.3. The van der Waals surface area contributed by atoms with Crippen LogP contribution in [-0.2, 0) is 6.61 Å². The van der Waals surface area contributed by atoms with Crippen LogP contribution in [0.25, 0.3) is 10.9 Å².